The number of hydrogen-bond donors (Lipinski definition) is 1. The van der Waals surface area contributed by atoms with Gasteiger partial charge in [0.15, 0.2) is 10.8 Å². The quantitative estimate of drug-likeness (QED) is 0.670. The normalized spacial score (nSPS) is 13.9. The first-order chi connectivity index (χ1) is 14.1. The van der Waals surface area contributed by atoms with Gasteiger partial charge in [0.2, 0.25) is 5.91 Å². The predicted molar refractivity (Wildman–Crippen MR) is 115 cm³/mol. The topological polar surface area (TPSA) is 89.2 Å². The van der Waals surface area contributed by atoms with Crippen molar-refractivity contribution in [2.75, 3.05) is 23.3 Å². The van der Waals surface area contributed by atoms with E-state index in [0.29, 0.717) is 29.0 Å². The predicted octanol–water partition coefficient (Wildman–Crippen LogP) is 2.27. The SMILES string of the molecule is CCCn1c(=O)c2sc(N3CCCC3)nc2n(CC(=O)Nc2ccccc2)c1=O. The standard InChI is InChI=1S/C20H23N5O3S/c1-2-10-24-18(27)16-17(22-19(29-16)23-11-6-7-12-23)25(20(24)28)13-15(26)21-14-8-4-3-5-9-14/h3-5,8-9H,2,6-7,10-13H2,1H3,(H,21,26). The average Bonchev–Trinajstić information content (AvgIpc) is 3.39. The van der Waals surface area contributed by atoms with Crippen LogP contribution in [-0.2, 0) is 17.9 Å². The Labute approximate surface area is 171 Å². The second kappa shape index (κ2) is 8.20. The highest BCUT2D eigenvalue weighted by atomic mass is 32.1. The lowest BCUT2D eigenvalue weighted by Crippen LogP contribution is -2.41. The van der Waals surface area contributed by atoms with Crippen molar-refractivity contribution in [3.63, 3.8) is 0 Å². The summed E-state index contributed by atoms with van der Waals surface area (Å²) in [4.78, 5) is 45.2. The summed E-state index contributed by atoms with van der Waals surface area (Å²) in [6.45, 7) is 3.80. The minimum Gasteiger partial charge on any atom is -0.348 e. The minimum absolute atomic E-state index is 0.197. The van der Waals surface area contributed by atoms with Crippen molar-refractivity contribution in [1.29, 1.82) is 0 Å². The molecule has 0 bridgehead atoms. The number of fused-ring (bicyclic) bond motifs is 1. The molecular formula is C20H23N5O3S. The Morgan fingerprint density at radius 2 is 1.86 bits per heavy atom. The molecule has 0 spiro atoms. The van der Waals surface area contributed by atoms with E-state index in [9.17, 15) is 14.4 Å². The fourth-order valence-electron chi connectivity index (χ4n) is 3.54. The molecule has 8 nitrogen and oxygen atoms in total. The number of nitrogens with one attached hydrogen (secondary N) is 1. The Bertz CT molecular complexity index is 1140. The van der Waals surface area contributed by atoms with Crippen LogP contribution in [0.4, 0.5) is 10.8 Å². The summed E-state index contributed by atoms with van der Waals surface area (Å²) in [7, 11) is 0. The van der Waals surface area contributed by atoms with Crippen LogP contribution in [0.1, 0.15) is 26.2 Å². The molecular weight excluding hydrogens is 390 g/mol. The van der Waals surface area contributed by atoms with Crippen molar-refractivity contribution in [2.45, 2.75) is 39.3 Å². The van der Waals surface area contributed by atoms with Gasteiger partial charge in [-0.25, -0.2) is 9.78 Å². The van der Waals surface area contributed by atoms with Crippen molar-refractivity contribution in [2.24, 2.45) is 0 Å². The van der Waals surface area contributed by atoms with Crippen LogP contribution in [0.15, 0.2) is 39.9 Å². The largest absolute Gasteiger partial charge is 0.348 e. The average molecular weight is 414 g/mol. The molecule has 3 aromatic rings. The van der Waals surface area contributed by atoms with E-state index in [1.54, 1.807) is 12.1 Å². The number of rotatable bonds is 6. The van der Waals surface area contributed by atoms with Gasteiger partial charge in [0.1, 0.15) is 11.2 Å². The molecule has 1 N–H and O–H groups in total. The molecule has 4 rings (SSSR count). The number of hydrogen-bond acceptors (Lipinski definition) is 6. The molecule has 1 aliphatic rings. The number of para-hydroxylation sites is 1. The van der Waals surface area contributed by atoms with Crippen LogP contribution in [0.3, 0.4) is 0 Å². The number of nitrogens with zero attached hydrogens (tertiary/aromatic N) is 4. The first-order valence-electron chi connectivity index (χ1n) is 9.82. The van der Waals surface area contributed by atoms with Crippen LogP contribution >= 0.6 is 11.3 Å². The van der Waals surface area contributed by atoms with Crippen molar-refractivity contribution in [3.8, 4) is 0 Å². The smallest absolute Gasteiger partial charge is 0.333 e. The van der Waals surface area contributed by atoms with E-state index < -0.39 is 5.69 Å². The lowest BCUT2D eigenvalue weighted by molar-refractivity contribution is -0.116. The van der Waals surface area contributed by atoms with E-state index in [1.807, 2.05) is 25.1 Å². The Morgan fingerprint density at radius 3 is 2.55 bits per heavy atom. The second-order valence-electron chi connectivity index (χ2n) is 7.08. The van der Waals surface area contributed by atoms with Gasteiger partial charge < -0.3 is 10.2 Å². The summed E-state index contributed by atoms with van der Waals surface area (Å²) >= 11 is 1.31. The van der Waals surface area contributed by atoms with Gasteiger partial charge in [-0.15, -0.1) is 0 Å². The van der Waals surface area contributed by atoms with Crippen molar-refractivity contribution in [1.82, 2.24) is 14.1 Å². The van der Waals surface area contributed by atoms with Crippen LogP contribution in [0.25, 0.3) is 10.3 Å². The Hall–Kier alpha value is -2.94. The van der Waals surface area contributed by atoms with Gasteiger partial charge in [0, 0.05) is 25.3 Å². The maximum atomic E-state index is 13.0. The Kier molecular flexibility index (Phi) is 5.48. The zero-order valence-corrected chi connectivity index (χ0v) is 17.1. The van der Waals surface area contributed by atoms with E-state index in [1.165, 1.54) is 20.5 Å². The summed E-state index contributed by atoms with van der Waals surface area (Å²) in [6.07, 6.45) is 2.82. The van der Waals surface area contributed by atoms with Crippen LogP contribution in [0.2, 0.25) is 0 Å². The molecule has 1 saturated heterocycles. The number of carbonyl (C=O) groups is 1. The molecule has 1 amide bonds. The number of aromatic nitrogens is 3. The molecule has 0 atom stereocenters. The van der Waals surface area contributed by atoms with Crippen molar-refractivity contribution < 1.29 is 4.79 Å². The lowest BCUT2D eigenvalue weighted by Gasteiger charge is -2.12. The van der Waals surface area contributed by atoms with Crippen LogP contribution < -0.4 is 21.5 Å². The van der Waals surface area contributed by atoms with E-state index in [0.717, 1.165) is 31.1 Å². The van der Waals surface area contributed by atoms with E-state index >= 15 is 0 Å². The third kappa shape index (κ3) is 3.82. The van der Waals surface area contributed by atoms with E-state index in [2.05, 4.69) is 15.2 Å². The molecule has 1 aromatic carbocycles. The molecule has 152 valence electrons. The Balaban J connectivity index is 1.77. The number of anilines is 2. The molecule has 0 aliphatic carbocycles. The maximum absolute atomic E-state index is 13.0. The highest BCUT2D eigenvalue weighted by Gasteiger charge is 2.22. The first-order valence-corrected chi connectivity index (χ1v) is 10.6. The molecule has 0 saturated carbocycles. The molecule has 29 heavy (non-hydrogen) atoms. The lowest BCUT2D eigenvalue weighted by atomic mass is 10.3. The van der Waals surface area contributed by atoms with Crippen molar-refractivity contribution in [3.05, 3.63) is 51.2 Å². The molecule has 1 aliphatic heterocycles. The van der Waals surface area contributed by atoms with Gasteiger partial charge in [-0.2, -0.15) is 0 Å². The fourth-order valence-corrected chi connectivity index (χ4v) is 4.61. The molecule has 0 radical (unpaired) electrons. The highest BCUT2D eigenvalue weighted by Crippen LogP contribution is 2.28. The third-order valence-electron chi connectivity index (χ3n) is 4.94. The molecule has 9 heteroatoms. The minimum atomic E-state index is -0.495. The number of amides is 1. The monoisotopic (exact) mass is 413 g/mol. The summed E-state index contributed by atoms with van der Waals surface area (Å²) < 4.78 is 2.96. The summed E-state index contributed by atoms with van der Waals surface area (Å²) in [5.74, 6) is -0.336. The first kappa shape index (κ1) is 19.4. The zero-order chi connectivity index (χ0) is 20.4. The summed E-state index contributed by atoms with van der Waals surface area (Å²) in [5.41, 5.74) is 0.127. The molecule has 3 heterocycles. The molecule has 1 fully saturated rings. The van der Waals surface area contributed by atoms with Gasteiger partial charge >= 0.3 is 5.69 Å². The van der Waals surface area contributed by atoms with E-state index in [4.69, 9.17) is 0 Å². The molecule has 0 unspecified atom stereocenters. The van der Waals surface area contributed by atoms with E-state index in [-0.39, 0.29) is 18.0 Å². The third-order valence-corrected chi connectivity index (χ3v) is 6.03. The molecule has 2 aromatic heterocycles. The van der Waals surface area contributed by atoms with Gasteiger partial charge in [0.25, 0.3) is 5.56 Å². The van der Waals surface area contributed by atoms with Gasteiger partial charge in [-0.1, -0.05) is 36.5 Å². The van der Waals surface area contributed by atoms with Crippen LogP contribution in [0, 0.1) is 0 Å². The fraction of sp³-hybridized carbons (Fsp3) is 0.400. The highest BCUT2D eigenvalue weighted by molar-refractivity contribution is 7.22. The summed E-state index contributed by atoms with van der Waals surface area (Å²) in [5, 5.41) is 3.53. The number of carbonyl (C=O) groups excluding carboxylic acids is 1. The van der Waals surface area contributed by atoms with Crippen molar-refractivity contribution >= 4 is 38.4 Å². The zero-order valence-electron chi connectivity index (χ0n) is 16.3. The van der Waals surface area contributed by atoms with Gasteiger partial charge in [-0.05, 0) is 31.4 Å². The van der Waals surface area contributed by atoms with Crippen LogP contribution in [0.5, 0.6) is 0 Å². The van der Waals surface area contributed by atoms with Crippen LogP contribution in [-0.4, -0.2) is 33.1 Å². The Morgan fingerprint density at radius 1 is 1.14 bits per heavy atom. The number of benzene rings is 1. The number of thiazole rings is 1. The maximum Gasteiger partial charge on any atom is 0.333 e. The van der Waals surface area contributed by atoms with Gasteiger partial charge in [0.05, 0.1) is 0 Å². The second-order valence-corrected chi connectivity index (χ2v) is 8.06. The summed E-state index contributed by atoms with van der Waals surface area (Å²) in [6, 6.07) is 9.07. The van der Waals surface area contributed by atoms with Gasteiger partial charge in [-0.3, -0.25) is 18.7 Å².